The first kappa shape index (κ1) is 13.1. The lowest BCUT2D eigenvalue weighted by Crippen LogP contribution is -2.31. The van der Waals surface area contributed by atoms with Crippen LogP contribution in [0.1, 0.15) is 39.0 Å². The predicted molar refractivity (Wildman–Crippen MR) is 54.8 cm³/mol. The fourth-order valence-corrected chi connectivity index (χ4v) is 1.89. The molecule has 2 nitrogen and oxygen atoms in total. The fraction of sp³-hybridized carbons (Fsp3) is 0.727. The molecule has 0 unspecified atom stereocenters. The fourth-order valence-electron chi connectivity index (χ4n) is 1.89. The van der Waals surface area contributed by atoms with Crippen LogP contribution in [0.5, 0.6) is 0 Å². The van der Waals surface area contributed by atoms with Gasteiger partial charge in [-0.15, -0.1) is 0 Å². The average Bonchev–Trinajstić information content (AvgIpc) is 2.17. The van der Waals surface area contributed by atoms with Crippen molar-refractivity contribution >= 4 is 5.78 Å². The van der Waals surface area contributed by atoms with Gasteiger partial charge in [0.15, 0.2) is 0 Å². The Morgan fingerprint density at radius 2 is 1.81 bits per heavy atom. The van der Waals surface area contributed by atoms with Gasteiger partial charge in [0.2, 0.25) is 0 Å². The summed E-state index contributed by atoms with van der Waals surface area (Å²) in [5, 5.41) is 2.96. The van der Waals surface area contributed by atoms with Crippen molar-refractivity contribution in [2.75, 3.05) is 0 Å². The number of alkyl halides is 3. The number of hydrogen-bond acceptors (Lipinski definition) is 2. The van der Waals surface area contributed by atoms with E-state index in [0.717, 1.165) is 25.7 Å². The molecule has 1 aliphatic rings. The van der Waals surface area contributed by atoms with Gasteiger partial charge in [-0.2, -0.15) is 13.2 Å². The van der Waals surface area contributed by atoms with E-state index in [4.69, 9.17) is 0 Å². The molecule has 0 aromatic heterocycles. The lowest BCUT2D eigenvalue weighted by molar-refractivity contribution is -0.165. The van der Waals surface area contributed by atoms with Crippen molar-refractivity contribution in [1.82, 2.24) is 5.32 Å². The van der Waals surface area contributed by atoms with Crippen LogP contribution in [0.3, 0.4) is 0 Å². The molecule has 5 heteroatoms. The summed E-state index contributed by atoms with van der Waals surface area (Å²) in [5.41, 5.74) is 0.300. The van der Waals surface area contributed by atoms with Crippen molar-refractivity contribution in [3.05, 3.63) is 11.8 Å². The number of halogens is 3. The van der Waals surface area contributed by atoms with Crippen LogP contribution in [0, 0.1) is 0 Å². The zero-order chi connectivity index (χ0) is 12.2. The number of allylic oxidation sites excluding steroid dienone is 2. The van der Waals surface area contributed by atoms with Gasteiger partial charge in [0.1, 0.15) is 0 Å². The lowest BCUT2D eigenvalue weighted by Gasteiger charge is -2.24. The Morgan fingerprint density at radius 3 is 2.31 bits per heavy atom. The molecule has 0 aliphatic heterocycles. The van der Waals surface area contributed by atoms with Gasteiger partial charge in [-0.3, -0.25) is 4.79 Å². The van der Waals surface area contributed by atoms with E-state index in [2.05, 4.69) is 5.32 Å². The van der Waals surface area contributed by atoms with E-state index in [1.165, 1.54) is 13.3 Å². The van der Waals surface area contributed by atoms with Crippen LogP contribution in [-0.4, -0.2) is 18.0 Å². The number of hydrogen-bond donors (Lipinski definition) is 1. The normalized spacial score (nSPS) is 19.6. The third kappa shape index (κ3) is 4.24. The molecule has 1 N–H and O–H groups in total. The highest BCUT2D eigenvalue weighted by Crippen LogP contribution is 2.20. The van der Waals surface area contributed by atoms with Crippen molar-refractivity contribution in [2.24, 2.45) is 0 Å². The lowest BCUT2D eigenvalue weighted by atomic mass is 9.95. The number of ketones is 1. The first-order chi connectivity index (χ1) is 7.39. The molecule has 0 aromatic carbocycles. The Labute approximate surface area is 92.9 Å². The number of carbonyl (C=O) groups is 1. The second-order valence-corrected chi connectivity index (χ2v) is 4.17. The van der Waals surface area contributed by atoms with E-state index < -0.39 is 12.0 Å². The molecule has 1 aliphatic carbocycles. The molecule has 0 spiro atoms. The Bertz CT molecular complexity index is 277. The minimum Gasteiger partial charge on any atom is -0.386 e. The highest BCUT2D eigenvalue weighted by atomic mass is 19.4. The molecule has 92 valence electrons. The highest BCUT2D eigenvalue weighted by Gasteiger charge is 2.36. The molecule has 0 aromatic rings. The summed E-state index contributed by atoms with van der Waals surface area (Å²) in [7, 11) is 0. The van der Waals surface area contributed by atoms with Gasteiger partial charge in [0.05, 0.1) is 0 Å². The molecule has 0 saturated heterocycles. The van der Waals surface area contributed by atoms with Crippen LogP contribution in [0.25, 0.3) is 0 Å². The van der Waals surface area contributed by atoms with Crippen molar-refractivity contribution < 1.29 is 18.0 Å². The van der Waals surface area contributed by atoms with Crippen molar-refractivity contribution in [3.8, 4) is 0 Å². The molecule has 0 atom stereocenters. The Kier molecular flexibility index (Phi) is 4.38. The van der Waals surface area contributed by atoms with Crippen LogP contribution in [0.15, 0.2) is 11.8 Å². The molecular weight excluding hydrogens is 219 g/mol. The van der Waals surface area contributed by atoms with Crippen LogP contribution in [0.2, 0.25) is 0 Å². The van der Waals surface area contributed by atoms with Crippen molar-refractivity contribution in [2.45, 2.75) is 51.2 Å². The third-order valence-corrected chi connectivity index (χ3v) is 2.66. The van der Waals surface area contributed by atoms with Crippen molar-refractivity contribution in [3.63, 3.8) is 0 Å². The smallest absolute Gasteiger partial charge is 0.386 e. The molecule has 0 radical (unpaired) electrons. The van der Waals surface area contributed by atoms with E-state index in [-0.39, 0.29) is 6.04 Å². The van der Waals surface area contributed by atoms with E-state index in [0.29, 0.717) is 11.8 Å². The minimum atomic E-state index is -4.77. The topological polar surface area (TPSA) is 29.1 Å². The first-order valence-corrected chi connectivity index (χ1v) is 5.45. The zero-order valence-corrected chi connectivity index (χ0v) is 9.23. The van der Waals surface area contributed by atoms with Gasteiger partial charge < -0.3 is 5.32 Å². The molecule has 1 rings (SSSR count). The standard InChI is InChI=1S/C11H16F3NO/c1-8(7-10(16)11(12,13)14)15-9-5-3-2-4-6-9/h7,9,15H,2-6H2,1H3. The molecule has 1 fully saturated rings. The summed E-state index contributed by atoms with van der Waals surface area (Å²) in [5.74, 6) is -1.80. The monoisotopic (exact) mass is 235 g/mol. The summed E-state index contributed by atoms with van der Waals surface area (Å²) >= 11 is 0. The van der Waals surface area contributed by atoms with Gasteiger partial charge in [0.25, 0.3) is 5.78 Å². The third-order valence-electron chi connectivity index (χ3n) is 2.66. The Hall–Kier alpha value is -1.00. The van der Waals surface area contributed by atoms with Crippen molar-refractivity contribution in [1.29, 1.82) is 0 Å². The molecule has 16 heavy (non-hydrogen) atoms. The molecule has 0 heterocycles. The summed E-state index contributed by atoms with van der Waals surface area (Å²) in [6.07, 6.45) is 1.17. The maximum atomic E-state index is 12.0. The van der Waals surface area contributed by atoms with E-state index in [1.54, 1.807) is 0 Å². The number of rotatable bonds is 3. The molecular formula is C11H16F3NO. The van der Waals surface area contributed by atoms with Gasteiger partial charge >= 0.3 is 6.18 Å². The van der Waals surface area contributed by atoms with E-state index >= 15 is 0 Å². The summed E-state index contributed by atoms with van der Waals surface area (Å²) < 4.78 is 35.9. The van der Waals surface area contributed by atoms with Gasteiger partial charge in [0, 0.05) is 17.8 Å². The average molecular weight is 235 g/mol. The summed E-state index contributed by atoms with van der Waals surface area (Å²) in [4.78, 5) is 10.7. The number of nitrogens with one attached hydrogen (secondary N) is 1. The van der Waals surface area contributed by atoms with Crippen LogP contribution < -0.4 is 5.32 Å². The van der Waals surface area contributed by atoms with Crippen LogP contribution in [-0.2, 0) is 4.79 Å². The van der Waals surface area contributed by atoms with Gasteiger partial charge in [-0.1, -0.05) is 19.3 Å². The minimum absolute atomic E-state index is 0.214. The second kappa shape index (κ2) is 5.37. The van der Waals surface area contributed by atoms with E-state index in [1.807, 2.05) is 0 Å². The first-order valence-electron chi connectivity index (χ1n) is 5.45. The SMILES string of the molecule is CC(=CC(=O)C(F)(F)F)NC1CCCCC1. The summed E-state index contributed by atoms with van der Waals surface area (Å²) in [6, 6.07) is 0.214. The number of carbonyl (C=O) groups excluding carboxylic acids is 1. The maximum Gasteiger partial charge on any atom is 0.454 e. The zero-order valence-electron chi connectivity index (χ0n) is 9.23. The maximum absolute atomic E-state index is 12.0. The Morgan fingerprint density at radius 1 is 1.25 bits per heavy atom. The predicted octanol–water partition coefficient (Wildman–Crippen LogP) is 2.94. The molecule has 0 amide bonds. The van der Waals surface area contributed by atoms with Gasteiger partial charge in [-0.05, 0) is 19.8 Å². The second-order valence-electron chi connectivity index (χ2n) is 4.17. The van der Waals surface area contributed by atoms with Crippen LogP contribution >= 0.6 is 0 Å². The van der Waals surface area contributed by atoms with Gasteiger partial charge in [-0.25, -0.2) is 0 Å². The highest BCUT2D eigenvalue weighted by molar-refractivity contribution is 5.94. The van der Waals surface area contributed by atoms with Crippen LogP contribution in [0.4, 0.5) is 13.2 Å². The van der Waals surface area contributed by atoms with E-state index in [9.17, 15) is 18.0 Å². The largest absolute Gasteiger partial charge is 0.454 e. The molecule has 0 bridgehead atoms. The quantitative estimate of drug-likeness (QED) is 0.762. The Balaban J connectivity index is 2.47. The summed E-state index contributed by atoms with van der Waals surface area (Å²) in [6.45, 7) is 1.50. The molecule has 1 saturated carbocycles.